The Balaban J connectivity index is 1.85. The predicted octanol–water partition coefficient (Wildman–Crippen LogP) is 1.46. The lowest BCUT2D eigenvalue weighted by molar-refractivity contribution is 0.256. The van der Waals surface area contributed by atoms with Crippen LogP contribution in [-0.4, -0.2) is 46.7 Å². The molecule has 1 atom stereocenters. The van der Waals surface area contributed by atoms with Crippen LogP contribution in [0.5, 0.6) is 0 Å². The van der Waals surface area contributed by atoms with Crippen LogP contribution in [0.1, 0.15) is 37.0 Å². The van der Waals surface area contributed by atoms with Gasteiger partial charge in [-0.15, -0.1) is 0 Å². The maximum absolute atomic E-state index is 5.47. The average Bonchev–Trinajstić information content (AvgIpc) is 2.84. The summed E-state index contributed by atoms with van der Waals surface area (Å²) < 4.78 is 5.32. The molecule has 1 saturated heterocycles. The number of nitrogens with two attached hydrogens (primary N) is 1. The summed E-state index contributed by atoms with van der Waals surface area (Å²) in [5.41, 5.74) is 5.47. The molecule has 0 radical (unpaired) electrons. The molecule has 2 N–H and O–H groups in total. The summed E-state index contributed by atoms with van der Waals surface area (Å²) in [6, 6.07) is 0.310. The van der Waals surface area contributed by atoms with Gasteiger partial charge in [0.25, 0.3) is 0 Å². The number of thioether (sulfide) groups is 1. The second kappa shape index (κ2) is 7.11. The molecule has 0 spiro atoms. The zero-order chi connectivity index (χ0) is 12.8. The first-order chi connectivity index (χ1) is 8.81. The number of nitrogens with zero attached hydrogens (tertiary/aromatic N) is 3. The third kappa shape index (κ3) is 3.70. The number of unbranched alkanes of at least 4 members (excludes halogenated alkanes) is 2. The van der Waals surface area contributed by atoms with E-state index in [1.807, 2.05) is 11.8 Å². The van der Waals surface area contributed by atoms with Crippen LogP contribution in [0.15, 0.2) is 4.52 Å². The van der Waals surface area contributed by atoms with Crippen LogP contribution in [0.25, 0.3) is 0 Å². The summed E-state index contributed by atoms with van der Waals surface area (Å²) in [4.78, 5) is 6.82. The van der Waals surface area contributed by atoms with Gasteiger partial charge in [0.15, 0.2) is 5.82 Å². The quantitative estimate of drug-likeness (QED) is 0.789. The molecule has 102 valence electrons. The Hall–Kier alpha value is -0.590. The molecule has 1 aliphatic heterocycles. The highest BCUT2D eigenvalue weighted by Crippen LogP contribution is 2.26. The SMILES string of the molecule is CN1CCSCC1c1noc(CCCCCN)n1. The molecule has 0 aromatic carbocycles. The van der Waals surface area contributed by atoms with Crippen molar-refractivity contribution in [3.8, 4) is 0 Å². The summed E-state index contributed by atoms with van der Waals surface area (Å²) >= 11 is 1.96. The van der Waals surface area contributed by atoms with Crippen LogP contribution in [-0.2, 0) is 6.42 Å². The maximum Gasteiger partial charge on any atom is 0.226 e. The molecule has 0 bridgehead atoms. The Morgan fingerprint density at radius 1 is 1.44 bits per heavy atom. The Bertz CT molecular complexity index is 358. The van der Waals surface area contributed by atoms with E-state index in [0.717, 1.165) is 56.2 Å². The van der Waals surface area contributed by atoms with Gasteiger partial charge in [-0.3, -0.25) is 4.90 Å². The minimum atomic E-state index is 0.310. The molecule has 2 heterocycles. The van der Waals surface area contributed by atoms with E-state index in [1.165, 1.54) is 5.75 Å². The van der Waals surface area contributed by atoms with E-state index >= 15 is 0 Å². The van der Waals surface area contributed by atoms with E-state index in [4.69, 9.17) is 10.3 Å². The summed E-state index contributed by atoms with van der Waals surface area (Å²) in [5.74, 6) is 3.86. The largest absolute Gasteiger partial charge is 0.339 e. The van der Waals surface area contributed by atoms with Crippen LogP contribution in [0, 0.1) is 0 Å². The molecule has 1 aromatic heterocycles. The predicted molar refractivity (Wildman–Crippen MR) is 73.6 cm³/mol. The molecule has 18 heavy (non-hydrogen) atoms. The molecule has 0 saturated carbocycles. The Morgan fingerprint density at radius 3 is 3.11 bits per heavy atom. The average molecular weight is 270 g/mol. The van der Waals surface area contributed by atoms with Crippen LogP contribution in [0.4, 0.5) is 0 Å². The Kier molecular flexibility index (Phi) is 5.46. The van der Waals surface area contributed by atoms with Crippen molar-refractivity contribution in [1.29, 1.82) is 0 Å². The van der Waals surface area contributed by atoms with E-state index in [0.29, 0.717) is 6.04 Å². The second-order valence-electron chi connectivity index (χ2n) is 4.72. The van der Waals surface area contributed by atoms with Crippen LogP contribution < -0.4 is 5.73 Å². The van der Waals surface area contributed by atoms with E-state index in [2.05, 4.69) is 22.1 Å². The van der Waals surface area contributed by atoms with Gasteiger partial charge in [0.05, 0.1) is 6.04 Å². The van der Waals surface area contributed by atoms with Gasteiger partial charge in [0, 0.05) is 24.5 Å². The van der Waals surface area contributed by atoms with Crippen molar-refractivity contribution in [1.82, 2.24) is 15.0 Å². The first-order valence-electron chi connectivity index (χ1n) is 6.62. The number of aromatic nitrogens is 2. The fourth-order valence-corrected chi connectivity index (χ4v) is 3.27. The summed E-state index contributed by atoms with van der Waals surface area (Å²) in [7, 11) is 2.13. The van der Waals surface area contributed by atoms with Gasteiger partial charge in [-0.05, 0) is 26.4 Å². The minimum absolute atomic E-state index is 0.310. The molecule has 0 aliphatic carbocycles. The van der Waals surface area contributed by atoms with Crippen molar-refractivity contribution in [2.45, 2.75) is 31.7 Å². The summed E-state index contributed by atoms with van der Waals surface area (Å²) in [5, 5.41) is 4.12. The van der Waals surface area contributed by atoms with Crippen LogP contribution in [0.2, 0.25) is 0 Å². The van der Waals surface area contributed by atoms with Gasteiger partial charge in [-0.25, -0.2) is 0 Å². The lowest BCUT2D eigenvalue weighted by Crippen LogP contribution is -2.33. The fourth-order valence-electron chi connectivity index (χ4n) is 2.06. The molecule has 1 aromatic rings. The standard InChI is InChI=1S/C12H22N4OS/c1-16-7-8-18-9-10(16)12-14-11(17-15-12)5-3-2-4-6-13/h10H,2-9,13H2,1H3. The van der Waals surface area contributed by atoms with Gasteiger partial charge < -0.3 is 10.3 Å². The lowest BCUT2D eigenvalue weighted by atomic mass is 10.2. The third-order valence-electron chi connectivity index (χ3n) is 3.27. The van der Waals surface area contributed by atoms with Crippen molar-refractivity contribution in [3.05, 3.63) is 11.7 Å². The zero-order valence-electron chi connectivity index (χ0n) is 11.0. The number of aryl methyl sites for hydroxylation is 1. The van der Waals surface area contributed by atoms with E-state index in [-0.39, 0.29) is 0 Å². The number of hydrogen-bond donors (Lipinski definition) is 1. The normalized spacial score (nSPS) is 21.3. The third-order valence-corrected chi connectivity index (χ3v) is 4.30. The van der Waals surface area contributed by atoms with E-state index in [9.17, 15) is 0 Å². The highest BCUT2D eigenvalue weighted by Gasteiger charge is 2.25. The smallest absolute Gasteiger partial charge is 0.226 e. The van der Waals surface area contributed by atoms with Gasteiger partial charge >= 0.3 is 0 Å². The first kappa shape index (κ1) is 13.8. The van der Waals surface area contributed by atoms with E-state index < -0.39 is 0 Å². The maximum atomic E-state index is 5.47. The fraction of sp³-hybridized carbons (Fsp3) is 0.833. The van der Waals surface area contributed by atoms with Crippen LogP contribution >= 0.6 is 11.8 Å². The lowest BCUT2D eigenvalue weighted by Gasteiger charge is -2.29. The molecule has 2 rings (SSSR count). The van der Waals surface area contributed by atoms with Crippen molar-refractivity contribution in [3.63, 3.8) is 0 Å². The molecular formula is C12H22N4OS. The Morgan fingerprint density at radius 2 is 2.33 bits per heavy atom. The highest BCUT2D eigenvalue weighted by atomic mass is 32.2. The topological polar surface area (TPSA) is 68.2 Å². The van der Waals surface area contributed by atoms with Crippen molar-refractivity contribution in [2.24, 2.45) is 5.73 Å². The van der Waals surface area contributed by atoms with Crippen LogP contribution in [0.3, 0.4) is 0 Å². The summed E-state index contributed by atoms with van der Waals surface area (Å²) in [6.45, 7) is 1.86. The highest BCUT2D eigenvalue weighted by molar-refractivity contribution is 7.99. The van der Waals surface area contributed by atoms with Gasteiger partial charge in [-0.1, -0.05) is 11.6 Å². The first-order valence-corrected chi connectivity index (χ1v) is 7.77. The number of hydrogen-bond acceptors (Lipinski definition) is 6. The van der Waals surface area contributed by atoms with Crippen molar-refractivity contribution in [2.75, 3.05) is 31.6 Å². The summed E-state index contributed by atoms with van der Waals surface area (Å²) in [6.07, 6.45) is 4.15. The molecular weight excluding hydrogens is 248 g/mol. The number of rotatable bonds is 6. The van der Waals surface area contributed by atoms with Gasteiger partial charge in [-0.2, -0.15) is 16.7 Å². The van der Waals surface area contributed by atoms with Gasteiger partial charge in [0.1, 0.15) is 0 Å². The molecule has 1 unspecified atom stereocenters. The van der Waals surface area contributed by atoms with Crippen molar-refractivity contribution < 1.29 is 4.52 Å². The molecule has 1 fully saturated rings. The van der Waals surface area contributed by atoms with Crippen molar-refractivity contribution >= 4 is 11.8 Å². The monoisotopic (exact) mass is 270 g/mol. The molecule has 1 aliphatic rings. The van der Waals surface area contributed by atoms with Gasteiger partial charge in [0.2, 0.25) is 5.89 Å². The zero-order valence-corrected chi connectivity index (χ0v) is 11.8. The Labute approximate surface area is 112 Å². The second-order valence-corrected chi connectivity index (χ2v) is 5.87. The molecule has 6 heteroatoms. The molecule has 5 nitrogen and oxygen atoms in total. The van der Waals surface area contributed by atoms with E-state index in [1.54, 1.807) is 0 Å². The minimum Gasteiger partial charge on any atom is -0.339 e. The molecule has 0 amide bonds.